The maximum absolute atomic E-state index is 6.11. The SMILES string of the molecule is Nc1[c]ccc(Cl)c1CCCc1ccccc1. The second-order valence-electron chi connectivity index (χ2n) is 4.06. The van der Waals surface area contributed by atoms with Crippen LogP contribution in [0.4, 0.5) is 5.69 Å². The van der Waals surface area contributed by atoms with Crippen molar-refractivity contribution in [3.05, 3.63) is 64.7 Å². The number of anilines is 1. The molecule has 0 saturated heterocycles. The van der Waals surface area contributed by atoms with Gasteiger partial charge in [-0.25, -0.2) is 0 Å². The van der Waals surface area contributed by atoms with Gasteiger partial charge in [0.2, 0.25) is 0 Å². The highest BCUT2D eigenvalue weighted by Gasteiger charge is 2.04. The van der Waals surface area contributed by atoms with Crippen LogP contribution in [0, 0.1) is 6.07 Å². The molecule has 0 aliphatic heterocycles. The van der Waals surface area contributed by atoms with Gasteiger partial charge >= 0.3 is 0 Å². The zero-order valence-corrected chi connectivity index (χ0v) is 10.4. The molecule has 1 nitrogen and oxygen atoms in total. The Balaban J connectivity index is 1.95. The third kappa shape index (κ3) is 3.24. The third-order valence-electron chi connectivity index (χ3n) is 2.82. The van der Waals surface area contributed by atoms with Crippen molar-refractivity contribution in [1.29, 1.82) is 0 Å². The molecule has 0 saturated carbocycles. The summed E-state index contributed by atoms with van der Waals surface area (Å²) >= 11 is 6.11. The van der Waals surface area contributed by atoms with Gasteiger partial charge in [0.15, 0.2) is 0 Å². The van der Waals surface area contributed by atoms with E-state index in [4.69, 9.17) is 17.3 Å². The monoisotopic (exact) mass is 244 g/mol. The lowest BCUT2D eigenvalue weighted by Crippen LogP contribution is -1.97. The van der Waals surface area contributed by atoms with E-state index in [1.54, 1.807) is 6.07 Å². The minimum Gasteiger partial charge on any atom is -0.398 e. The quantitative estimate of drug-likeness (QED) is 0.812. The van der Waals surface area contributed by atoms with E-state index in [9.17, 15) is 0 Å². The summed E-state index contributed by atoms with van der Waals surface area (Å²) in [6, 6.07) is 17.0. The van der Waals surface area contributed by atoms with Crippen molar-refractivity contribution < 1.29 is 0 Å². The van der Waals surface area contributed by atoms with Crippen molar-refractivity contribution in [2.24, 2.45) is 0 Å². The molecule has 0 bridgehead atoms. The summed E-state index contributed by atoms with van der Waals surface area (Å²) in [6.45, 7) is 0. The highest BCUT2D eigenvalue weighted by molar-refractivity contribution is 6.31. The van der Waals surface area contributed by atoms with E-state index in [0.717, 1.165) is 29.8 Å². The number of nitrogen functional groups attached to an aromatic ring is 1. The Kier molecular flexibility index (Phi) is 4.05. The van der Waals surface area contributed by atoms with E-state index in [1.807, 2.05) is 12.1 Å². The maximum atomic E-state index is 6.11. The van der Waals surface area contributed by atoms with E-state index in [-0.39, 0.29) is 0 Å². The van der Waals surface area contributed by atoms with Crippen LogP contribution in [-0.4, -0.2) is 0 Å². The number of halogens is 1. The molecule has 0 unspecified atom stereocenters. The van der Waals surface area contributed by atoms with Crippen LogP contribution in [0.15, 0.2) is 42.5 Å². The van der Waals surface area contributed by atoms with Gasteiger partial charge in [0.25, 0.3) is 0 Å². The summed E-state index contributed by atoms with van der Waals surface area (Å²) in [4.78, 5) is 0. The summed E-state index contributed by atoms with van der Waals surface area (Å²) in [5, 5.41) is 0.745. The number of hydrogen-bond donors (Lipinski definition) is 1. The Morgan fingerprint density at radius 1 is 1.06 bits per heavy atom. The van der Waals surface area contributed by atoms with E-state index in [1.165, 1.54) is 5.56 Å². The van der Waals surface area contributed by atoms with Gasteiger partial charge in [-0.1, -0.05) is 48.0 Å². The van der Waals surface area contributed by atoms with Crippen molar-refractivity contribution >= 4 is 17.3 Å². The molecule has 0 aliphatic rings. The van der Waals surface area contributed by atoms with Gasteiger partial charge in [0.05, 0.1) is 0 Å². The summed E-state index contributed by atoms with van der Waals surface area (Å²) < 4.78 is 0. The fourth-order valence-electron chi connectivity index (χ4n) is 1.89. The molecular formula is C15H15ClN. The highest BCUT2D eigenvalue weighted by atomic mass is 35.5. The van der Waals surface area contributed by atoms with Gasteiger partial charge in [0, 0.05) is 16.8 Å². The van der Waals surface area contributed by atoms with Crippen LogP contribution in [0.2, 0.25) is 5.02 Å². The number of aryl methyl sites for hydroxylation is 1. The van der Waals surface area contributed by atoms with Gasteiger partial charge in [-0.15, -0.1) is 0 Å². The van der Waals surface area contributed by atoms with Crippen molar-refractivity contribution in [1.82, 2.24) is 0 Å². The van der Waals surface area contributed by atoms with E-state index in [2.05, 4.69) is 30.3 Å². The van der Waals surface area contributed by atoms with E-state index in [0.29, 0.717) is 5.69 Å². The molecule has 0 heterocycles. The highest BCUT2D eigenvalue weighted by Crippen LogP contribution is 2.23. The van der Waals surface area contributed by atoms with Gasteiger partial charge in [-0.3, -0.25) is 0 Å². The Morgan fingerprint density at radius 3 is 2.53 bits per heavy atom. The lowest BCUT2D eigenvalue weighted by Gasteiger charge is -2.07. The second-order valence-corrected chi connectivity index (χ2v) is 4.46. The average molecular weight is 245 g/mol. The molecule has 0 fully saturated rings. The van der Waals surface area contributed by atoms with Gasteiger partial charge in [0.1, 0.15) is 0 Å². The van der Waals surface area contributed by atoms with Crippen LogP contribution < -0.4 is 5.73 Å². The predicted molar refractivity (Wildman–Crippen MR) is 73.2 cm³/mol. The number of hydrogen-bond acceptors (Lipinski definition) is 1. The lowest BCUT2D eigenvalue weighted by molar-refractivity contribution is 0.822. The summed E-state index contributed by atoms with van der Waals surface area (Å²) in [5.74, 6) is 0. The zero-order chi connectivity index (χ0) is 12.1. The molecule has 0 spiro atoms. The Labute approximate surface area is 107 Å². The van der Waals surface area contributed by atoms with Crippen molar-refractivity contribution in [2.75, 3.05) is 5.73 Å². The molecule has 17 heavy (non-hydrogen) atoms. The first-order chi connectivity index (χ1) is 8.27. The molecule has 2 aromatic rings. The minimum absolute atomic E-state index is 0.672. The summed E-state index contributed by atoms with van der Waals surface area (Å²) in [6.07, 6.45) is 2.99. The second kappa shape index (κ2) is 5.74. The first-order valence-electron chi connectivity index (χ1n) is 5.76. The fourth-order valence-corrected chi connectivity index (χ4v) is 2.15. The fraction of sp³-hybridized carbons (Fsp3) is 0.200. The Morgan fingerprint density at radius 2 is 1.82 bits per heavy atom. The molecule has 2 heteroatoms. The summed E-state index contributed by atoms with van der Waals surface area (Å²) in [7, 11) is 0. The maximum Gasteiger partial charge on any atom is 0.0458 e. The van der Waals surface area contributed by atoms with Crippen LogP contribution in [0.1, 0.15) is 17.5 Å². The van der Waals surface area contributed by atoms with Crippen LogP contribution in [0.5, 0.6) is 0 Å². The van der Waals surface area contributed by atoms with E-state index >= 15 is 0 Å². The molecule has 87 valence electrons. The number of nitrogens with two attached hydrogens (primary N) is 1. The van der Waals surface area contributed by atoms with Crippen molar-refractivity contribution in [2.45, 2.75) is 19.3 Å². The van der Waals surface area contributed by atoms with Gasteiger partial charge in [-0.05, 0) is 36.5 Å². The summed E-state index contributed by atoms with van der Waals surface area (Å²) in [5.41, 5.74) is 8.90. The van der Waals surface area contributed by atoms with Crippen LogP contribution in [0.25, 0.3) is 0 Å². The van der Waals surface area contributed by atoms with Crippen molar-refractivity contribution in [3.8, 4) is 0 Å². The first-order valence-corrected chi connectivity index (χ1v) is 6.13. The first kappa shape index (κ1) is 12.0. The van der Waals surface area contributed by atoms with Crippen molar-refractivity contribution in [3.63, 3.8) is 0 Å². The van der Waals surface area contributed by atoms with Crippen LogP contribution >= 0.6 is 11.6 Å². The van der Waals surface area contributed by atoms with Crippen LogP contribution in [-0.2, 0) is 12.8 Å². The molecule has 0 aromatic heterocycles. The standard InChI is InChI=1S/C15H15ClN/c16-14-10-5-11-15(17)13(14)9-4-8-12-6-2-1-3-7-12/h1-3,5-7,10H,4,8-9,17H2. The van der Waals surface area contributed by atoms with E-state index < -0.39 is 0 Å². The zero-order valence-electron chi connectivity index (χ0n) is 9.62. The smallest absolute Gasteiger partial charge is 0.0458 e. The molecule has 0 atom stereocenters. The average Bonchev–Trinajstić information content (AvgIpc) is 2.34. The molecule has 2 rings (SSSR count). The molecular weight excluding hydrogens is 230 g/mol. The molecule has 0 aliphatic carbocycles. The number of benzene rings is 2. The normalized spacial score (nSPS) is 10.4. The van der Waals surface area contributed by atoms with Crippen LogP contribution in [0.3, 0.4) is 0 Å². The van der Waals surface area contributed by atoms with Gasteiger partial charge in [-0.2, -0.15) is 0 Å². The Bertz CT molecular complexity index is 459. The predicted octanol–water partition coefficient (Wildman–Crippen LogP) is 3.90. The Hall–Kier alpha value is -1.47. The largest absolute Gasteiger partial charge is 0.398 e. The minimum atomic E-state index is 0.672. The molecule has 1 radical (unpaired) electrons. The lowest BCUT2D eigenvalue weighted by atomic mass is 10.0. The molecule has 2 aromatic carbocycles. The van der Waals surface area contributed by atoms with Gasteiger partial charge < -0.3 is 5.73 Å². The topological polar surface area (TPSA) is 26.0 Å². The number of rotatable bonds is 4. The third-order valence-corrected chi connectivity index (χ3v) is 3.17. The molecule has 2 N–H and O–H groups in total. The molecule has 0 amide bonds.